The van der Waals surface area contributed by atoms with E-state index in [0.717, 1.165) is 25.7 Å². The second-order valence-corrected chi connectivity index (χ2v) is 23.7. The van der Waals surface area contributed by atoms with Gasteiger partial charge < -0.3 is 14.9 Å². The highest BCUT2D eigenvalue weighted by Crippen LogP contribution is 2.56. The number of carboxylic acid groups (broad SMARTS) is 1. The van der Waals surface area contributed by atoms with Gasteiger partial charge in [0.05, 0.1) is 10.2 Å². The van der Waals surface area contributed by atoms with Gasteiger partial charge in [0.15, 0.2) is 0 Å². The molecule has 2 aliphatic rings. The quantitative estimate of drug-likeness (QED) is 0.181. The van der Waals surface area contributed by atoms with E-state index in [1.54, 1.807) is 11.8 Å². The van der Waals surface area contributed by atoms with Gasteiger partial charge in [0.2, 0.25) is 0 Å². The first kappa shape index (κ1) is 44.0. The number of ether oxygens (including phenoxy) is 1. The van der Waals surface area contributed by atoms with Gasteiger partial charge in [-0.15, -0.1) is 23.5 Å². The zero-order chi connectivity index (χ0) is 36.1. The Hall–Kier alpha value is -0.0500. The normalized spacial score (nSPS) is 29.8. The maximum Gasteiger partial charge on any atom is 0.306 e. The van der Waals surface area contributed by atoms with Crippen molar-refractivity contribution in [1.82, 2.24) is 0 Å². The minimum atomic E-state index is -0.877. The molecule has 0 saturated heterocycles. The van der Waals surface area contributed by atoms with Crippen molar-refractivity contribution in [3.05, 3.63) is 0 Å². The predicted octanol–water partition coefficient (Wildman–Crippen LogP) is 10.7. The third-order valence-electron chi connectivity index (χ3n) is 10.1. The molecule has 0 radical (unpaired) electrons. The van der Waals surface area contributed by atoms with Gasteiger partial charge in [-0.05, 0) is 92.0 Å². The first-order chi connectivity index (χ1) is 20.6. The van der Waals surface area contributed by atoms with Crippen molar-refractivity contribution in [2.45, 2.75) is 169 Å². The average Bonchev–Trinajstić information content (AvgIpc) is 2.82. The summed E-state index contributed by atoms with van der Waals surface area (Å²) in [6.07, 6.45) is 8.18. The Morgan fingerprint density at radius 2 is 0.957 bits per heavy atom. The summed E-state index contributed by atoms with van der Waals surface area (Å²) in [5.74, 6) is -0.156. The second kappa shape index (κ2) is 17.2. The summed E-state index contributed by atoms with van der Waals surface area (Å²) in [6.45, 7) is 32.1. The van der Waals surface area contributed by atoms with E-state index in [1.165, 1.54) is 0 Å². The third-order valence-corrected chi connectivity index (χ3v) is 13.2. The molecule has 0 spiro atoms. The number of hydrogen-bond donors (Lipinski definition) is 2. The Morgan fingerprint density at radius 1 is 0.630 bits per heavy atom. The van der Waals surface area contributed by atoms with Crippen molar-refractivity contribution in [3.8, 4) is 0 Å². The number of rotatable bonds is 9. The van der Waals surface area contributed by atoms with E-state index in [9.17, 15) is 14.7 Å². The van der Waals surface area contributed by atoms with Crippen molar-refractivity contribution in [2.75, 3.05) is 12.5 Å². The molecular formula is C38H72O5S3. The first-order valence-corrected chi connectivity index (χ1v) is 20.9. The lowest BCUT2D eigenvalue weighted by molar-refractivity contribution is -0.166. The van der Waals surface area contributed by atoms with Crippen LogP contribution in [-0.2, 0) is 14.3 Å². The van der Waals surface area contributed by atoms with Gasteiger partial charge in [0.1, 0.15) is 6.10 Å². The maximum absolute atomic E-state index is 12.9. The van der Waals surface area contributed by atoms with Gasteiger partial charge in [-0.25, -0.2) is 0 Å². The number of thioether (sulfide) groups is 3. The van der Waals surface area contributed by atoms with Crippen LogP contribution in [0, 0.1) is 45.3 Å². The highest BCUT2D eigenvalue weighted by Gasteiger charge is 2.51. The van der Waals surface area contributed by atoms with Crippen molar-refractivity contribution < 1.29 is 24.5 Å². The van der Waals surface area contributed by atoms with Crippen LogP contribution in [0.4, 0.5) is 0 Å². The fourth-order valence-corrected chi connectivity index (χ4v) is 11.5. The maximum atomic E-state index is 12.9. The molecule has 4 atom stereocenters. The van der Waals surface area contributed by atoms with Gasteiger partial charge >= 0.3 is 11.9 Å². The summed E-state index contributed by atoms with van der Waals surface area (Å²) in [7, 11) is 0. The molecule has 5 nitrogen and oxygen atoms in total. The fraction of sp³-hybridized carbons (Fsp3) is 0.947. The Labute approximate surface area is 297 Å². The van der Waals surface area contributed by atoms with Crippen LogP contribution in [0.25, 0.3) is 0 Å². The fourth-order valence-electron chi connectivity index (χ4n) is 7.64. The molecule has 46 heavy (non-hydrogen) atoms. The van der Waals surface area contributed by atoms with Crippen LogP contribution in [0.2, 0.25) is 0 Å². The van der Waals surface area contributed by atoms with Gasteiger partial charge in [0.25, 0.3) is 0 Å². The van der Waals surface area contributed by atoms with Gasteiger partial charge in [0, 0.05) is 35.2 Å². The summed E-state index contributed by atoms with van der Waals surface area (Å²) in [6, 6.07) is 0. The van der Waals surface area contributed by atoms with Crippen LogP contribution in [0.15, 0.2) is 0 Å². The zero-order valence-corrected chi connectivity index (χ0v) is 34.9. The Kier molecular flexibility index (Phi) is 16.5. The number of aliphatic hydroxyl groups excluding tert-OH is 1. The van der Waals surface area contributed by atoms with Crippen molar-refractivity contribution in [2.24, 2.45) is 45.3 Å². The van der Waals surface area contributed by atoms with Crippen LogP contribution in [0.5, 0.6) is 0 Å². The van der Waals surface area contributed by atoms with Crippen LogP contribution in [0.3, 0.4) is 0 Å². The standard InChI is InChI=1S/C36H66O5S2.C2H6S/c1-32(2,3)24-18-22(19-25(30(24)40)33(4,5)6)42-36(13,14)43-23-20-26(34(7,8)9)31(27(21-23)35(10,11)12)41-29(39)17-15-16-28(37)38;1-3-2/h22-27,30-31,40H,15-21H2,1-14H3,(H,37,38);1-2H3. The molecule has 2 fully saturated rings. The van der Waals surface area contributed by atoms with E-state index in [2.05, 4.69) is 120 Å². The minimum absolute atomic E-state index is 0.00765. The zero-order valence-electron chi connectivity index (χ0n) is 32.4. The number of hydrogen-bond acceptors (Lipinski definition) is 7. The molecular weight excluding hydrogens is 633 g/mol. The lowest BCUT2D eigenvalue weighted by Crippen LogP contribution is -2.51. The van der Waals surface area contributed by atoms with E-state index < -0.39 is 5.97 Å². The smallest absolute Gasteiger partial charge is 0.306 e. The lowest BCUT2D eigenvalue weighted by Gasteiger charge is -2.52. The van der Waals surface area contributed by atoms with Crippen molar-refractivity contribution in [1.29, 1.82) is 0 Å². The number of esters is 1. The number of carbonyl (C=O) groups excluding carboxylic acids is 1. The molecule has 2 saturated carbocycles. The molecule has 2 aliphatic carbocycles. The lowest BCUT2D eigenvalue weighted by atomic mass is 9.61. The number of aliphatic carboxylic acids is 1. The van der Waals surface area contributed by atoms with Crippen LogP contribution in [-0.4, -0.2) is 61.5 Å². The molecule has 8 heteroatoms. The van der Waals surface area contributed by atoms with E-state index in [-0.39, 0.29) is 80.4 Å². The van der Waals surface area contributed by atoms with E-state index in [4.69, 9.17) is 9.84 Å². The summed E-state index contributed by atoms with van der Waals surface area (Å²) >= 11 is 5.97. The van der Waals surface area contributed by atoms with Gasteiger partial charge in [-0.3, -0.25) is 9.59 Å². The predicted molar refractivity (Wildman–Crippen MR) is 204 cm³/mol. The number of aliphatic hydroxyl groups is 1. The molecule has 0 amide bonds. The van der Waals surface area contributed by atoms with Crippen LogP contribution in [0.1, 0.15) is 142 Å². The van der Waals surface area contributed by atoms with E-state index in [0.29, 0.717) is 16.9 Å². The van der Waals surface area contributed by atoms with E-state index >= 15 is 0 Å². The Bertz CT molecular complexity index is 905. The largest absolute Gasteiger partial charge is 0.481 e. The average molecular weight is 705 g/mol. The first-order valence-electron chi connectivity index (χ1n) is 17.5. The van der Waals surface area contributed by atoms with Gasteiger partial charge in [-0.1, -0.05) is 83.1 Å². The van der Waals surface area contributed by atoms with Crippen molar-refractivity contribution >= 4 is 47.2 Å². The molecule has 0 aromatic carbocycles. The molecule has 0 aromatic heterocycles. The Balaban J connectivity index is 0.00000338. The summed E-state index contributed by atoms with van der Waals surface area (Å²) < 4.78 is 6.29. The SMILES string of the molecule is CC(C)(SC1CC(C(C)(C)C)C(O)C(C(C)(C)C)C1)SC1CC(C(C)(C)C)C(OC(=O)CCCC(=O)O)C(C(C)(C)C)C1.CSC. The number of carbonyl (C=O) groups is 2. The monoisotopic (exact) mass is 704 g/mol. The molecule has 272 valence electrons. The van der Waals surface area contributed by atoms with Gasteiger partial charge in [-0.2, -0.15) is 11.8 Å². The molecule has 0 heterocycles. The summed E-state index contributed by atoms with van der Waals surface area (Å²) in [4.78, 5) is 23.9. The third kappa shape index (κ3) is 14.1. The van der Waals surface area contributed by atoms with Crippen LogP contribution < -0.4 is 0 Å². The topological polar surface area (TPSA) is 83.8 Å². The Morgan fingerprint density at radius 3 is 1.26 bits per heavy atom. The summed E-state index contributed by atoms with van der Waals surface area (Å²) in [5, 5.41) is 21.4. The molecule has 2 N–H and O–H groups in total. The molecule has 2 rings (SSSR count). The highest BCUT2D eigenvalue weighted by atomic mass is 32.2. The number of carboxylic acids is 1. The summed E-state index contributed by atoms with van der Waals surface area (Å²) in [5.41, 5.74) is 0.0439. The van der Waals surface area contributed by atoms with Crippen LogP contribution >= 0.6 is 35.3 Å². The molecule has 0 bridgehead atoms. The van der Waals surface area contributed by atoms with Crippen molar-refractivity contribution in [3.63, 3.8) is 0 Å². The highest BCUT2D eigenvalue weighted by molar-refractivity contribution is 8.18. The molecule has 0 aliphatic heterocycles. The second-order valence-electron chi connectivity index (χ2n) is 18.8. The molecule has 4 unspecified atom stereocenters. The minimum Gasteiger partial charge on any atom is -0.481 e. The van der Waals surface area contributed by atoms with E-state index in [1.807, 2.05) is 12.5 Å². The molecule has 0 aromatic rings.